The number of ether oxygens (including phenoxy) is 1. The van der Waals surface area contributed by atoms with E-state index < -0.39 is 17.6 Å². The summed E-state index contributed by atoms with van der Waals surface area (Å²) in [6, 6.07) is 2.40. The van der Waals surface area contributed by atoms with E-state index in [1.165, 1.54) is 0 Å². The van der Waals surface area contributed by atoms with E-state index >= 15 is 0 Å². The maximum Gasteiger partial charge on any atom is 0.419 e. The molecule has 0 saturated heterocycles. The Morgan fingerprint density at radius 3 is 2.63 bits per heavy atom. The van der Waals surface area contributed by atoms with Gasteiger partial charge in [0.25, 0.3) is 0 Å². The fourth-order valence-corrected chi connectivity index (χ4v) is 1.30. The summed E-state index contributed by atoms with van der Waals surface area (Å²) in [6.45, 7) is 0.0686. The van der Waals surface area contributed by atoms with Crippen LogP contribution in [0.25, 0.3) is 0 Å². The van der Waals surface area contributed by atoms with Crippen molar-refractivity contribution in [2.24, 2.45) is 10.9 Å². The van der Waals surface area contributed by atoms with E-state index in [1.54, 1.807) is 0 Å². The Morgan fingerprint density at radius 1 is 1.37 bits per heavy atom. The van der Waals surface area contributed by atoms with Crippen molar-refractivity contribution in [3.05, 3.63) is 29.6 Å². The van der Waals surface area contributed by atoms with Crippen molar-refractivity contribution in [2.75, 3.05) is 6.61 Å². The van der Waals surface area contributed by atoms with Crippen LogP contribution in [0.3, 0.4) is 0 Å². The van der Waals surface area contributed by atoms with Gasteiger partial charge in [-0.25, -0.2) is 4.39 Å². The minimum absolute atomic E-state index is 0.00122. The summed E-state index contributed by atoms with van der Waals surface area (Å²) in [7, 11) is 0. The fourth-order valence-electron chi connectivity index (χ4n) is 1.30. The summed E-state index contributed by atoms with van der Waals surface area (Å²) in [5, 5.41) is 11.0. The second-order valence-corrected chi connectivity index (χ2v) is 3.68. The van der Waals surface area contributed by atoms with Gasteiger partial charge in [-0.05, 0) is 24.6 Å². The number of rotatable bonds is 5. The van der Waals surface area contributed by atoms with Crippen LogP contribution in [0.5, 0.6) is 5.75 Å². The summed E-state index contributed by atoms with van der Waals surface area (Å²) >= 11 is 0. The third kappa shape index (κ3) is 4.65. The smallest absolute Gasteiger partial charge is 0.419 e. The molecular weight excluding hydrogens is 268 g/mol. The highest BCUT2D eigenvalue weighted by Gasteiger charge is 2.34. The molecule has 0 spiro atoms. The molecule has 19 heavy (non-hydrogen) atoms. The van der Waals surface area contributed by atoms with E-state index in [1.807, 2.05) is 0 Å². The number of amidine groups is 1. The van der Waals surface area contributed by atoms with Crippen LogP contribution in [0.15, 0.2) is 23.4 Å². The average molecular weight is 280 g/mol. The van der Waals surface area contributed by atoms with E-state index in [0.717, 1.165) is 6.07 Å². The van der Waals surface area contributed by atoms with Gasteiger partial charge in [-0.2, -0.15) is 13.2 Å². The van der Waals surface area contributed by atoms with Crippen molar-refractivity contribution >= 4 is 5.84 Å². The molecule has 0 saturated carbocycles. The maximum atomic E-state index is 13.0. The third-order valence-electron chi connectivity index (χ3n) is 2.22. The quantitative estimate of drug-likeness (QED) is 0.218. The Balaban J connectivity index is 2.61. The Bertz CT molecular complexity index is 460. The zero-order valence-corrected chi connectivity index (χ0v) is 9.75. The summed E-state index contributed by atoms with van der Waals surface area (Å²) in [4.78, 5) is 0. The molecule has 3 N–H and O–H groups in total. The Kier molecular flexibility index (Phi) is 4.96. The molecule has 4 nitrogen and oxygen atoms in total. The SMILES string of the molecule is N/C(CCCOc1ccc(F)c(C(F)(F)F)c1)=N/O. The van der Waals surface area contributed by atoms with Crippen LogP contribution in [-0.4, -0.2) is 17.6 Å². The predicted molar refractivity (Wildman–Crippen MR) is 59.5 cm³/mol. The summed E-state index contributed by atoms with van der Waals surface area (Å²) in [6.07, 6.45) is -4.17. The van der Waals surface area contributed by atoms with Crippen LogP contribution in [0.2, 0.25) is 0 Å². The van der Waals surface area contributed by atoms with Crippen molar-refractivity contribution in [3.8, 4) is 5.75 Å². The number of benzene rings is 1. The minimum Gasteiger partial charge on any atom is -0.494 e. The van der Waals surface area contributed by atoms with E-state index in [4.69, 9.17) is 15.7 Å². The minimum atomic E-state index is -4.77. The summed E-state index contributed by atoms with van der Waals surface area (Å²) < 4.78 is 55.2. The molecule has 0 amide bonds. The molecule has 0 aromatic heterocycles. The topological polar surface area (TPSA) is 67.8 Å². The molecule has 8 heteroatoms. The van der Waals surface area contributed by atoms with Gasteiger partial charge in [0.2, 0.25) is 0 Å². The second-order valence-electron chi connectivity index (χ2n) is 3.68. The lowest BCUT2D eigenvalue weighted by Crippen LogP contribution is -2.13. The summed E-state index contributed by atoms with van der Waals surface area (Å²) in [5.41, 5.74) is 3.83. The predicted octanol–water partition coefficient (Wildman–Crippen LogP) is 2.75. The molecule has 106 valence electrons. The van der Waals surface area contributed by atoms with Crippen molar-refractivity contribution in [1.82, 2.24) is 0 Å². The lowest BCUT2D eigenvalue weighted by molar-refractivity contribution is -0.140. The molecule has 1 aromatic carbocycles. The first kappa shape index (κ1) is 15.1. The fraction of sp³-hybridized carbons (Fsp3) is 0.364. The standard InChI is InChI=1S/C11H12F4N2O2/c12-9-4-3-7(6-8(9)11(13,14)15)19-5-1-2-10(16)17-18/h3-4,6,18H,1-2,5H2,(H2,16,17). The first-order valence-electron chi connectivity index (χ1n) is 5.30. The molecule has 1 aromatic rings. The molecule has 0 bridgehead atoms. The third-order valence-corrected chi connectivity index (χ3v) is 2.22. The highest BCUT2D eigenvalue weighted by Crippen LogP contribution is 2.33. The van der Waals surface area contributed by atoms with Gasteiger partial charge < -0.3 is 15.7 Å². The normalized spacial score (nSPS) is 12.5. The van der Waals surface area contributed by atoms with Crippen LogP contribution in [0, 0.1) is 5.82 Å². The molecule has 0 heterocycles. The maximum absolute atomic E-state index is 13.0. The highest BCUT2D eigenvalue weighted by atomic mass is 19.4. The zero-order chi connectivity index (χ0) is 14.5. The van der Waals surface area contributed by atoms with E-state index in [2.05, 4.69) is 5.16 Å². The number of halogens is 4. The number of hydrogen-bond donors (Lipinski definition) is 2. The van der Waals surface area contributed by atoms with Gasteiger partial charge in [-0.1, -0.05) is 5.16 Å². The molecule has 1 rings (SSSR count). The van der Waals surface area contributed by atoms with Crippen LogP contribution in [0.4, 0.5) is 17.6 Å². The number of alkyl halides is 3. The average Bonchev–Trinajstić information content (AvgIpc) is 2.34. The number of oxime groups is 1. The number of nitrogens with zero attached hydrogens (tertiary/aromatic N) is 1. The first-order valence-corrected chi connectivity index (χ1v) is 5.30. The van der Waals surface area contributed by atoms with E-state index in [0.29, 0.717) is 18.6 Å². The molecule has 0 aliphatic carbocycles. The first-order chi connectivity index (χ1) is 8.84. The van der Waals surface area contributed by atoms with Crippen molar-refractivity contribution in [1.29, 1.82) is 0 Å². The Labute approximate surface area is 106 Å². The van der Waals surface area contributed by atoms with E-state index in [-0.39, 0.29) is 24.6 Å². The monoisotopic (exact) mass is 280 g/mol. The highest BCUT2D eigenvalue weighted by molar-refractivity contribution is 5.79. The van der Waals surface area contributed by atoms with Gasteiger partial charge in [-0.15, -0.1) is 0 Å². The molecule has 0 radical (unpaired) electrons. The van der Waals surface area contributed by atoms with Crippen LogP contribution in [-0.2, 0) is 6.18 Å². The van der Waals surface area contributed by atoms with Crippen molar-refractivity contribution in [2.45, 2.75) is 19.0 Å². The Hall–Kier alpha value is -1.99. The molecule has 0 unspecified atom stereocenters. The van der Waals surface area contributed by atoms with Crippen LogP contribution >= 0.6 is 0 Å². The Morgan fingerprint density at radius 2 is 2.05 bits per heavy atom. The number of hydrogen-bond acceptors (Lipinski definition) is 3. The van der Waals surface area contributed by atoms with Crippen molar-refractivity contribution < 1.29 is 27.5 Å². The lowest BCUT2D eigenvalue weighted by Gasteiger charge is -2.11. The zero-order valence-electron chi connectivity index (χ0n) is 9.75. The molecule has 0 aliphatic heterocycles. The van der Waals surface area contributed by atoms with Crippen LogP contribution < -0.4 is 10.5 Å². The van der Waals surface area contributed by atoms with Gasteiger partial charge in [0.05, 0.1) is 12.2 Å². The largest absolute Gasteiger partial charge is 0.494 e. The van der Waals surface area contributed by atoms with Gasteiger partial charge in [-0.3, -0.25) is 0 Å². The number of nitrogens with two attached hydrogens (primary N) is 1. The van der Waals surface area contributed by atoms with Crippen LogP contribution in [0.1, 0.15) is 18.4 Å². The molecular formula is C11H12F4N2O2. The van der Waals surface area contributed by atoms with Gasteiger partial charge in [0.15, 0.2) is 0 Å². The van der Waals surface area contributed by atoms with Gasteiger partial charge in [0, 0.05) is 6.42 Å². The second kappa shape index (κ2) is 6.26. The molecule has 0 fully saturated rings. The van der Waals surface area contributed by atoms with Gasteiger partial charge >= 0.3 is 6.18 Å². The summed E-state index contributed by atoms with van der Waals surface area (Å²) in [5.74, 6) is -1.44. The van der Waals surface area contributed by atoms with Gasteiger partial charge in [0.1, 0.15) is 17.4 Å². The van der Waals surface area contributed by atoms with Crippen molar-refractivity contribution in [3.63, 3.8) is 0 Å². The molecule has 0 atom stereocenters. The van der Waals surface area contributed by atoms with E-state index in [9.17, 15) is 17.6 Å². The lowest BCUT2D eigenvalue weighted by atomic mass is 10.2. The molecule has 0 aliphatic rings.